The molecule has 0 spiro atoms. The van der Waals surface area contributed by atoms with Crippen molar-refractivity contribution in [2.24, 2.45) is 0 Å². The Kier molecular flexibility index (Phi) is 4.84. The van der Waals surface area contributed by atoms with E-state index in [1.807, 2.05) is 0 Å². The van der Waals surface area contributed by atoms with E-state index >= 15 is 0 Å². The Morgan fingerprint density at radius 1 is 1.55 bits per heavy atom. The molecule has 0 bridgehead atoms. The molecule has 0 aliphatic heterocycles. The Morgan fingerprint density at radius 3 is 2.45 bits per heavy atom. The number of aliphatic carboxylic acids is 1. The van der Waals surface area contributed by atoms with Crippen LogP contribution >= 0.6 is 12.6 Å². The molecule has 0 saturated carbocycles. The van der Waals surface area contributed by atoms with Crippen molar-refractivity contribution < 1.29 is 9.90 Å². The largest absolute Gasteiger partial charge is 0.481 e. The second-order valence-corrected chi connectivity index (χ2v) is 9.66. The molecule has 0 rings (SSSR count). The Morgan fingerprint density at radius 2 is 2.09 bits per heavy atom. The number of carboxylic acids is 1. The second kappa shape index (κ2) is 4.82. The van der Waals surface area contributed by atoms with Gasteiger partial charge in [-0.05, 0) is 11.8 Å². The van der Waals surface area contributed by atoms with Crippen LogP contribution < -0.4 is 0 Å². The third-order valence-corrected chi connectivity index (χ3v) is 6.80. The standard InChI is InChI=1S/C7H16O2SSi/c1-11(2,6-10)5-3-4-7(8)9/h10H,3-6H2,1-2H3,(H,8,9). The van der Waals surface area contributed by atoms with Crippen LogP contribution in [0.3, 0.4) is 0 Å². The van der Waals surface area contributed by atoms with Crippen molar-refractivity contribution >= 4 is 26.7 Å². The molecule has 11 heavy (non-hydrogen) atoms. The fourth-order valence-corrected chi connectivity index (χ4v) is 2.56. The zero-order chi connectivity index (χ0) is 8.91. The molecule has 4 heteroatoms. The number of hydrogen-bond acceptors (Lipinski definition) is 2. The van der Waals surface area contributed by atoms with E-state index in [2.05, 4.69) is 25.7 Å². The number of carboxylic acid groups (broad SMARTS) is 1. The minimum Gasteiger partial charge on any atom is -0.481 e. The molecule has 66 valence electrons. The first-order chi connectivity index (χ1) is 4.98. The number of rotatable bonds is 5. The van der Waals surface area contributed by atoms with Crippen LogP contribution in [-0.2, 0) is 4.79 Å². The average molecular weight is 192 g/mol. The molecule has 1 N–H and O–H groups in total. The summed E-state index contributed by atoms with van der Waals surface area (Å²) in [5.74, 6) is -0.686. The first kappa shape index (κ1) is 11.0. The molecule has 0 unspecified atom stereocenters. The van der Waals surface area contributed by atoms with Gasteiger partial charge in [0.15, 0.2) is 0 Å². The van der Waals surface area contributed by atoms with Gasteiger partial charge in [0.1, 0.15) is 0 Å². The first-order valence-corrected chi connectivity index (χ1v) is 7.85. The van der Waals surface area contributed by atoms with Crippen LogP contribution in [0.15, 0.2) is 0 Å². The lowest BCUT2D eigenvalue weighted by Gasteiger charge is -2.18. The third-order valence-electron chi connectivity index (χ3n) is 1.67. The monoisotopic (exact) mass is 192 g/mol. The van der Waals surface area contributed by atoms with Crippen molar-refractivity contribution in [2.45, 2.75) is 32.0 Å². The molecule has 0 saturated heterocycles. The quantitative estimate of drug-likeness (QED) is 0.516. The fraction of sp³-hybridized carbons (Fsp3) is 0.857. The van der Waals surface area contributed by atoms with Gasteiger partial charge in [0.2, 0.25) is 0 Å². The Bertz CT molecular complexity index is 136. The minimum absolute atomic E-state index is 0.310. The van der Waals surface area contributed by atoms with Gasteiger partial charge >= 0.3 is 5.97 Å². The van der Waals surface area contributed by atoms with Gasteiger partial charge in [-0.2, -0.15) is 12.6 Å². The van der Waals surface area contributed by atoms with Gasteiger partial charge < -0.3 is 5.11 Å². The topological polar surface area (TPSA) is 37.3 Å². The summed E-state index contributed by atoms with van der Waals surface area (Å²) in [5.41, 5.74) is 0. The summed E-state index contributed by atoms with van der Waals surface area (Å²) in [5, 5.41) is 9.33. The van der Waals surface area contributed by atoms with Crippen molar-refractivity contribution in [2.75, 3.05) is 5.38 Å². The van der Waals surface area contributed by atoms with Crippen molar-refractivity contribution in [1.82, 2.24) is 0 Å². The van der Waals surface area contributed by atoms with E-state index in [4.69, 9.17) is 5.11 Å². The number of hydrogen-bond donors (Lipinski definition) is 2. The van der Waals surface area contributed by atoms with Gasteiger partial charge in [-0.25, -0.2) is 0 Å². The molecular formula is C7H16O2SSi. The predicted molar refractivity (Wildman–Crippen MR) is 53.0 cm³/mol. The van der Waals surface area contributed by atoms with Crippen LogP contribution in [0.2, 0.25) is 19.1 Å². The fourth-order valence-electron chi connectivity index (χ4n) is 0.797. The van der Waals surface area contributed by atoms with Crippen LogP contribution in [0.1, 0.15) is 12.8 Å². The molecule has 0 aromatic heterocycles. The van der Waals surface area contributed by atoms with Crippen molar-refractivity contribution in [1.29, 1.82) is 0 Å². The molecule has 0 aromatic carbocycles. The van der Waals surface area contributed by atoms with Gasteiger partial charge in [-0.1, -0.05) is 19.1 Å². The van der Waals surface area contributed by atoms with E-state index in [1.54, 1.807) is 0 Å². The van der Waals surface area contributed by atoms with E-state index < -0.39 is 14.0 Å². The number of carbonyl (C=O) groups is 1. The lowest BCUT2D eigenvalue weighted by atomic mass is 10.3. The average Bonchev–Trinajstić information content (AvgIpc) is 1.87. The van der Waals surface area contributed by atoms with E-state index in [9.17, 15) is 4.79 Å². The predicted octanol–water partition coefficient (Wildman–Crippen LogP) is 2.03. The van der Waals surface area contributed by atoms with Gasteiger partial charge in [0, 0.05) is 6.42 Å². The highest BCUT2D eigenvalue weighted by molar-refractivity contribution is 7.82. The lowest BCUT2D eigenvalue weighted by Crippen LogP contribution is -2.28. The van der Waals surface area contributed by atoms with E-state index in [0.29, 0.717) is 6.42 Å². The van der Waals surface area contributed by atoms with E-state index in [0.717, 1.165) is 17.8 Å². The molecular weight excluding hydrogens is 176 g/mol. The molecule has 0 heterocycles. The molecule has 0 amide bonds. The van der Waals surface area contributed by atoms with Gasteiger partial charge in [0.25, 0.3) is 0 Å². The maximum atomic E-state index is 10.2. The maximum absolute atomic E-state index is 10.2. The summed E-state index contributed by atoms with van der Waals surface area (Å²) < 4.78 is 0. The SMILES string of the molecule is C[Si](C)(CS)CCCC(=O)O. The van der Waals surface area contributed by atoms with E-state index in [-0.39, 0.29) is 0 Å². The molecule has 0 aliphatic carbocycles. The summed E-state index contributed by atoms with van der Waals surface area (Å²) in [4.78, 5) is 10.2. The van der Waals surface area contributed by atoms with Crippen LogP contribution in [-0.4, -0.2) is 24.5 Å². The molecule has 0 fully saturated rings. The number of thiol groups is 1. The first-order valence-electron chi connectivity index (χ1n) is 3.80. The molecule has 0 atom stereocenters. The Labute approximate surface area is 74.4 Å². The normalized spacial score (nSPS) is 11.5. The molecule has 2 nitrogen and oxygen atoms in total. The third kappa shape index (κ3) is 6.44. The van der Waals surface area contributed by atoms with Crippen LogP contribution in [0.5, 0.6) is 0 Å². The van der Waals surface area contributed by atoms with Gasteiger partial charge in [-0.3, -0.25) is 4.79 Å². The van der Waals surface area contributed by atoms with E-state index in [1.165, 1.54) is 0 Å². The zero-order valence-corrected chi connectivity index (χ0v) is 9.03. The summed E-state index contributed by atoms with van der Waals surface area (Å²) in [6, 6.07) is 1.07. The van der Waals surface area contributed by atoms with Crippen molar-refractivity contribution in [3.05, 3.63) is 0 Å². The maximum Gasteiger partial charge on any atom is 0.303 e. The lowest BCUT2D eigenvalue weighted by molar-refractivity contribution is -0.137. The summed E-state index contributed by atoms with van der Waals surface area (Å²) in [7, 11) is -1.14. The molecule has 0 aliphatic rings. The minimum atomic E-state index is -1.14. The highest BCUT2D eigenvalue weighted by atomic mass is 32.1. The van der Waals surface area contributed by atoms with Crippen LogP contribution in [0.4, 0.5) is 0 Å². The summed E-state index contributed by atoms with van der Waals surface area (Å²) in [6.45, 7) is 4.48. The second-order valence-electron chi connectivity index (χ2n) is 3.57. The summed E-state index contributed by atoms with van der Waals surface area (Å²) in [6.07, 6.45) is 1.12. The smallest absolute Gasteiger partial charge is 0.303 e. The Hall–Kier alpha value is 0.0369. The van der Waals surface area contributed by atoms with Crippen molar-refractivity contribution in [3.8, 4) is 0 Å². The highest BCUT2D eigenvalue weighted by Gasteiger charge is 2.17. The van der Waals surface area contributed by atoms with Crippen molar-refractivity contribution in [3.63, 3.8) is 0 Å². The van der Waals surface area contributed by atoms with Gasteiger partial charge in [-0.15, -0.1) is 0 Å². The highest BCUT2D eigenvalue weighted by Crippen LogP contribution is 2.14. The summed E-state index contributed by atoms with van der Waals surface area (Å²) >= 11 is 4.24. The molecule has 0 radical (unpaired) electrons. The zero-order valence-electron chi connectivity index (χ0n) is 7.13. The van der Waals surface area contributed by atoms with Crippen LogP contribution in [0.25, 0.3) is 0 Å². The van der Waals surface area contributed by atoms with Crippen LogP contribution in [0, 0.1) is 0 Å². The van der Waals surface area contributed by atoms with Gasteiger partial charge in [0.05, 0.1) is 8.07 Å². The molecule has 0 aromatic rings. The Balaban J connectivity index is 3.45.